The van der Waals surface area contributed by atoms with Crippen LogP contribution in [-0.4, -0.2) is 57.4 Å². The molecule has 0 aliphatic carbocycles. The fourth-order valence-electron chi connectivity index (χ4n) is 2.98. The van der Waals surface area contributed by atoms with Gasteiger partial charge in [-0.25, -0.2) is 13.2 Å². The Morgan fingerprint density at radius 1 is 1.07 bits per heavy atom. The van der Waals surface area contributed by atoms with Crippen LogP contribution < -0.4 is 15.5 Å². The number of piperazine rings is 1. The van der Waals surface area contributed by atoms with Gasteiger partial charge in [-0.15, -0.1) is 11.3 Å². The van der Waals surface area contributed by atoms with Crippen LogP contribution in [0.4, 0.5) is 4.79 Å². The fraction of sp³-hybridized carbons (Fsp3) is 0.333. The number of rotatable bonds is 6. The van der Waals surface area contributed by atoms with Gasteiger partial charge in [0.15, 0.2) is 6.54 Å². The molecule has 1 aliphatic heterocycles. The fourth-order valence-corrected chi connectivity index (χ4v) is 5.56. The second-order valence-electron chi connectivity index (χ2n) is 6.48. The standard InChI is InChI=1S/C18H22N4O4S2/c23-16(20-18(24)19-13-15-5-2-1-3-6-15)14-21-8-10-22(11-9-21)28(25,26)17-7-4-12-27-17/h1-7,12H,8-11,13-14H2,(H2,19,20,23,24)/p+1. The highest BCUT2D eigenvalue weighted by molar-refractivity contribution is 7.91. The largest absolute Gasteiger partial charge is 0.334 e. The van der Waals surface area contributed by atoms with E-state index in [4.69, 9.17) is 0 Å². The molecule has 2 aromatic rings. The summed E-state index contributed by atoms with van der Waals surface area (Å²) in [6.45, 7) is 2.21. The predicted molar refractivity (Wildman–Crippen MR) is 105 cm³/mol. The van der Waals surface area contributed by atoms with Crippen molar-refractivity contribution in [3.8, 4) is 0 Å². The number of quaternary nitrogens is 1. The van der Waals surface area contributed by atoms with E-state index in [-0.39, 0.29) is 12.5 Å². The van der Waals surface area contributed by atoms with Crippen LogP contribution >= 0.6 is 11.3 Å². The quantitative estimate of drug-likeness (QED) is 0.592. The highest BCUT2D eigenvalue weighted by Gasteiger charge is 2.31. The SMILES string of the molecule is O=C(C[NH+]1CCN(S(=O)(=O)c2cccs2)CC1)NC(=O)NCc1ccccc1. The van der Waals surface area contributed by atoms with Crippen LogP contribution in [-0.2, 0) is 21.4 Å². The summed E-state index contributed by atoms with van der Waals surface area (Å²) >= 11 is 1.20. The van der Waals surface area contributed by atoms with E-state index in [1.165, 1.54) is 15.6 Å². The summed E-state index contributed by atoms with van der Waals surface area (Å²) in [7, 11) is -3.45. The van der Waals surface area contributed by atoms with Crippen LogP contribution in [0.2, 0.25) is 0 Å². The molecule has 0 atom stereocenters. The second kappa shape index (κ2) is 9.28. The molecule has 3 amide bonds. The van der Waals surface area contributed by atoms with Gasteiger partial charge in [0.2, 0.25) is 0 Å². The Hall–Kier alpha value is -2.27. The molecule has 8 nitrogen and oxygen atoms in total. The van der Waals surface area contributed by atoms with Gasteiger partial charge in [0.05, 0.1) is 26.2 Å². The zero-order chi connectivity index (χ0) is 20.0. The summed E-state index contributed by atoms with van der Waals surface area (Å²) in [5.41, 5.74) is 0.943. The summed E-state index contributed by atoms with van der Waals surface area (Å²) in [5, 5.41) is 6.70. The molecule has 150 valence electrons. The normalized spacial score (nSPS) is 15.9. The van der Waals surface area contributed by atoms with Gasteiger partial charge in [0.1, 0.15) is 4.21 Å². The lowest BCUT2D eigenvalue weighted by Gasteiger charge is -2.30. The first-order valence-corrected chi connectivity index (χ1v) is 11.3. The summed E-state index contributed by atoms with van der Waals surface area (Å²) in [4.78, 5) is 24.9. The summed E-state index contributed by atoms with van der Waals surface area (Å²) in [5.74, 6) is -0.380. The maximum atomic E-state index is 12.5. The maximum absolute atomic E-state index is 12.5. The van der Waals surface area contributed by atoms with Crippen molar-refractivity contribution in [2.24, 2.45) is 0 Å². The van der Waals surface area contributed by atoms with Gasteiger partial charge < -0.3 is 10.2 Å². The van der Waals surface area contributed by atoms with Crippen molar-refractivity contribution in [3.05, 3.63) is 53.4 Å². The number of carbonyl (C=O) groups is 2. The van der Waals surface area contributed by atoms with Crippen molar-refractivity contribution < 1.29 is 22.9 Å². The van der Waals surface area contributed by atoms with Gasteiger partial charge in [-0.05, 0) is 17.0 Å². The van der Waals surface area contributed by atoms with E-state index in [0.29, 0.717) is 36.9 Å². The number of amides is 3. The number of benzene rings is 1. The Morgan fingerprint density at radius 2 is 1.79 bits per heavy atom. The van der Waals surface area contributed by atoms with Crippen molar-refractivity contribution in [3.63, 3.8) is 0 Å². The number of imide groups is 1. The zero-order valence-electron chi connectivity index (χ0n) is 15.3. The smallest absolute Gasteiger partial charge is 0.321 e. The van der Waals surface area contributed by atoms with E-state index >= 15 is 0 Å². The van der Waals surface area contributed by atoms with Crippen LogP contribution in [0.25, 0.3) is 0 Å². The number of urea groups is 1. The highest BCUT2D eigenvalue weighted by atomic mass is 32.2. The second-order valence-corrected chi connectivity index (χ2v) is 9.59. The molecule has 1 saturated heterocycles. The Kier molecular flexibility index (Phi) is 6.79. The number of thiophene rings is 1. The average molecular weight is 424 g/mol. The first-order valence-electron chi connectivity index (χ1n) is 8.94. The van der Waals surface area contributed by atoms with Crippen LogP contribution in [0, 0.1) is 0 Å². The molecule has 1 aliphatic rings. The summed E-state index contributed by atoms with van der Waals surface area (Å²) < 4.78 is 26.8. The lowest BCUT2D eigenvalue weighted by molar-refractivity contribution is -0.895. The molecule has 0 unspecified atom stereocenters. The lowest BCUT2D eigenvalue weighted by Crippen LogP contribution is -3.15. The third-order valence-electron chi connectivity index (χ3n) is 4.48. The van der Waals surface area contributed by atoms with Gasteiger partial charge in [-0.1, -0.05) is 36.4 Å². The van der Waals surface area contributed by atoms with E-state index in [1.54, 1.807) is 17.5 Å². The monoisotopic (exact) mass is 423 g/mol. The molecule has 28 heavy (non-hydrogen) atoms. The van der Waals surface area contributed by atoms with E-state index in [2.05, 4.69) is 10.6 Å². The van der Waals surface area contributed by atoms with Crippen molar-refractivity contribution in [1.29, 1.82) is 0 Å². The average Bonchev–Trinajstić information content (AvgIpc) is 3.23. The molecule has 0 spiro atoms. The van der Waals surface area contributed by atoms with Crippen LogP contribution in [0.5, 0.6) is 0 Å². The van der Waals surface area contributed by atoms with E-state index in [9.17, 15) is 18.0 Å². The number of hydrogen-bond donors (Lipinski definition) is 3. The molecule has 3 rings (SSSR count). The van der Waals surface area contributed by atoms with Gasteiger partial charge in [0, 0.05) is 6.54 Å². The molecule has 0 saturated carbocycles. The number of nitrogens with one attached hydrogen (secondary N) is 3. The number of sulfonamides is 1. The predicted octanol–water partition coefficient (Wildman–Crippen LogP) is -0.337. The van der Waals surface area contributed by atoms with Gasteiger partial charge in [-0.3, -0.25) is 10.1 Å². The maximum Gasteiger partial charge on any atom is 0.321 e. The molecular formula is C18H23N4O4S2+. The van der Waals surface area contributed by atoms with Crippen LogP contribution in [0.15, 0.2) is 52.1 Å². The van der Waals surface area contributed by atoms with Gasteiger partial charge in [0.25, 0.3) is 15.9 Å². The minimum atomic E-state index is -3.45. The van der Waals surface area contributed by atoms with E-state index < -0.39 is 16.1 Å². The van der Waals surface area contributed by atoms with Crippen LogP contribution in [0.1, 0.15) is 5.56 Å². The molecule has 0 radical (unpaired) electrons. The minimum Gasteiger partial charge on any atom is -0.334 e. The molecular weight excluding hydrogens is 400 g/mol. The number of carbonyl (C=O) groups excluding carboxylic acids is 2. The molecule has 1 aromatic heterocycles. The molecule has 1 fully saturated rings. The first kappa shape index (κ1) is 20.5. The van der Waals surface area contributed by atoms with E-state index in [1.807, 2.05) is 30.3 Å². The van der Waals surface area contributed by atoms with Crippen LogP contribution in [0.3, 0.4) is 0 Å². The van der Waals surface area contributed by atoms with Crippen molar-refractivity contribution >= 4 is 33.3 Å². The minimum absolute atomic E-state index is 0.131. The number of hydrogen-bond acceptors (Lipinski definition) is 5. The summed E-state index contributed by atoms with van der Waals surface area (Å²) in [6.07, 6.45) is 0. The zero-order valence-corrected chi connectivity index (χ0v) is 16.9. The van der Waals surface area contributed by atoms with Crippen molar-refractivity contribution in [1.82, 2.24) is 14.9 Å². The third kappa shape index (κ3) is 5.38. The topological polar surface area (TPSA) is 100 Å². The molecule has 1 aromatic carbocycles. The Morgan fingerprint density at radius 3 is 2.43 bits per heavy atom. The summed E-state index contributed by atoms with van der Waals surface area (Å²) in [6, 6.07) is 12.2. The molecule has 2 heterocycles. The van der Waals surface area contributed by atoms with Gasteiger partial charge >= 0.3 is 6.03 Å². The Labute approximate surface area is 168 Å². The Balaban J connectivity index is 1.40. The highest BCUT2D eigenvalue weighted by Crippen LogP contribution is 2.20. The molecule has 0 bridgehead atoms. The van der Waals surface area contributed by atoms with Gasteiger partial charge in [-0.2, -0.15) is 4.31 Å². The van der Waals surface area contributed by atoms with E-state index in [0.717, 1.165) is 10.5 Å². The molecule has 10 heteroatoms. The Bertz CT molecular complexity index is 893. The van der Waals surface area contributed by atoms with Crippen molar-refractivity contribution in [2.75, 3.05) is 32.7 Å². The first-order chi connectivity index (χ1) is 13.4. The molecule has 3 N–H and O–H groups in total. The number of nitrogens with zero attached hydrogens (tertiary/aromatic N) is 1. The lowest BCUT2D eigenvalue weighted by atomic mass is 10.2. The third-order valence-corrected chi connectivity index (χ3v) is 7.75. The van der Waals surface area contributed by atoms with Crippen molar-refractivity contribution in [2.45, 2.75) is 10.8 Å².